The summed E-state index contributed by atoms with van der Waals surface area (Å²) < 4.78 is 9.92. The van der Waals surface area contributed by atoms with Crippen molar-refractivity contribution in [3.8, 4) is 0 Å². The number of hydrogen-bond acceptors (Lipinski definition) is 8. The van der Waals surface area contributed by atoms with E-state index in [2.05, 4.69) is 21.1 Å². The Bertz CT molecular complexity index is 1220. The van der Waals surface area contributed by atoms with Crippen LogP contribution in [0.1, 0.15) is 74.6 Å². The van der Waals surface area contributed by atoms with Crippen LogP contribution in [0.3, 0.4) is 0 Å². The zero-order valence-electron chi connectivity index (χ0n) is 23.1. The van der Waals surface area contributed by atoms with Crippen molar-refractivity contribution in [3.05, 3.63) is 70.8 Å². The Balaban J connectivity index is 1.68. The maximum atomic E-state index is 13.8. The van der Waals surface area contributed by atoms with Gasteiger partial charge in [0.15, 0.2) is 0 Å². The number of ether oxygens (including phenoxy) is 2. The quantitative estimate of drug-likeness (QED) is 0.266. The van der Waals surface area contributed by atoms with Crippen LogP contribution in [0.4, 0.5) is 0 Å². The maximum Gasteiger partial charge on any atom is 0.311 e. The van der Waals surface area contributed by atoms with E-state index in [0.717, 1.165) is 22.3 Å². The van der Waals surface area contributed by atoms with Crippen molar-refractivity contribution in [2.75, 3.05) is 13.2 Å². The molecule has 40 heavy (non-hydrogen) atoms. The molecule has 0 aliphatic heterocycles. The molecule has 0 unspecified atom stereocenters. The molecule has 0 heterocycles. The van der Waals surface area contributed by atoms with Gasteiger partial charge in [-0.15, -0.1) is 0 Å². The lowest BCUT2D eigenvalue weighted by molar-refractivity contribution is -0.142. The number of hydrazone groups is 2. The molecule has 2 atom stereocenters. The van der Waals surface area contributed by atoms with Crippen molar-refractivity contribution in [1.29, 1.82) is 0 Å². The fourth-order valence-electron chi connectivity index (χ4n) is 5.68. The van der Waals surface area contributed by atoms with Gasteiger partial charge in [-0.25, -0.2) is 10.9 Å². The monoisotopic (exact) mass is 546 g/mol. The summed E-state index contributed by atoms with van der Waals surface area (Å²) in [5.74, 6) is -4.12. The predicted octanol–water partition coefficient (Wildman–Crippen LogP) is 3.40. The van der Waals surface area contributed by atoms with Crippen molar-refractivity contribution in [2.24, 2.45) is 22.0 Å². The lowest BCUT2D eigenvalue weighted by Crippen LogP contribution is -2.51. The van der Waals surface area contributed by atoms with Crippen LogP contribution in [0, 0.1) is 11.8 Å². The minimum absolute atomic E-state index is 0.0606. The molecule has 0 radical (unpaired) electrons. The summed E-state index contributed by atoms with van der Waals surface area (Å²) in [5, 5.41) is 8.28. The Morgan fingerprint density at radius 2 is 0.975 bits per heavy atom. The van der Waals surface area contributed by atoms with Gasteiger partial charge in [-0.3, -0.25) is 19.2 Å². The van der Waals surface area contributed by atoms with Gasteiger partial charge >= 0.3 is 11.9 Å². The van der Waals surface area contributed by atoms with Crippen LogP contribution in [-0.4, -0.2) is 48.4 Å². The van der Waals surface area contributed by atoms with Crippen molar-refractivity contribution in [1.82, 2.24) is 10.9 Å². The summed E-state index contributed by atoms with van der Waals surface area (Å²) in [5.41, 5.74) is 9.93. The third-order valence-corrected chi connectivity index (χ3v) is 7.17. The Labute approximate surface area is 233 Å². The number of nitrogens with zero attached hydrogens (tertiary/aromatic N) is 2. The molecule has 0 fully saturated rings. The summed E-state index contributed by atoms with van der Waals surface area (Å²) in [6.45, 7) is 7.18. The minimum atomic E-state index is -0.797. The SMILES string of the molecule is CCOC(=O)C/C(C)=N/NC(=O)[C@@H]1C2c3ccccc3C(c3ccccc32)[C@H]1C(=O)N/N=C(\C)CC(=O)OCC. The van der Waals surface area contributed by atoms with E-state index >= 15 is 0 Å². The van der Waals surface area contributed by atoms with Gasteiger partial charge in [0.2, 0.25) is 11.8 Å². The van der Waals surface area contributed by atoms with E-state index in [0.29, 0.717) is 11.4 Å². The first-order chi connectivity index (χ1) is 19.3. The van der Waals surface area contributed by atoms with Gasteiger partial charge in [0, 0.05) is 23.3 Å². The minimum Gasteiger partial charge on any atom is -0.466 e. The molecule has 2 aromatic carbocycles. The second-order valence-corrected chi connectivity index (χ2v) is 9.87. The Morgan fingerprint density at radius 1 is 0.650 bits per heavy atom. The molecule has 10 heteroatoms. The average Bonchev–Trinajstić information content (AvgIpc) is 2.94. The van der Waals surface area contributed by atoms with E-state index in [9.17, 15) is 19.2 Å². The smallest absolute Gasteiger partial charge is 0.311 e. The highest BCUT2D eigenvalue weighted by molar-refractivity contribution is 5.99. The van der Waals surface area contributed by atoms with Crippen molar-refractivity contribution in [3.63, 3.8) is 0 Å². The third-order valence-electron chi connectivity index (χ3n) is 7.17. The Morgan fingerprint density at radius 3 is 1.27 bits per heavy atom. The Hall–Kier alpha value is -4.34. The van der Waals surface area contributed by atoms with E-state index in [1.54, 1.807) is 27.7 Å². The van der Waals surface area contributed by atoms with Crippen molar-refractivity contribution in [2.45, 2.75) is 52.4 Å². The molecule has 2 aromatic rings. The fraction of sp³-hybridized carbons (Fsp3) is 0.400. The van der Waals surface area contributed by atoms with Crippen LogP contribution in [-0.2, 0) is 28.7 Å². The van der Waals surface area contributed by atoms with Crippen LogP contribution in [0.5, 0.6) is 0 Å². The van der Waals surface area contributed by atoms with Crippen molar-refractivity contribution < 1.29 is 28.7 Å². The number of benzene rings is 2. The van der Waals surface area contributed by atoms with Crippen LogP contribution in [0.2, 0.25) is 0 Å². The molecule has 210 valence electrons. The molecule has 0 saturated carbocycles. The third kappa shape index (κ3) is 5.95. The zero-order chi connectivity index (χ0) is 28.8. The first kappa shape index (κ1) is 28.7. The molecular formula is C30H34N4O6. The van der Waals surface area contributed by atoms with Crippen LogP contribution >= 0.6 is 0 Å². The number of hydrogen-bond donors (Lipinski definition) is 2. The fourth-order valence-corrected chi connectivity index (χ4v) is 5.68. The second-order valence-electron chi connectivity index (χ2n) is 9.87. The molecule has 2 bridgehead atoms. The van der Waals surface area contributed by atoms with E-state index in [1.807, 2.05) is 48.5 Å². The van der Waals surface area contributed by atoms with Crippen LogP contribution < -0.4 is 10.9 Å². The standard InChI is InChI=1S/C30H34N4O6/c1-5-39-23(35)15-17(3)31-33-29(37)27-25-19-11-7-9-13-21(19)26(22-14-10-8-12-20(22)25)28(27)30(38)34-32-18(4)16-24(36)40-6-2/h7-14,25-28H,5-6,15-16H2,1-4H3,(H,33,37)(H,34,38)/b31-17+,32-18+/t25?,26?,27-,28-/m1/s1. The largest absolute Gasteiger partial charge is 0.466 e. The van der Waals surface area contributed by atoms with Gasteiger partial charge in [0.1, 0.15) is 0 Å². The summed E-state index contributed by atoms with van der Waals surface area (Å²) in [6, 6.07) is 15.7. The number of rotatable bonds is 10. The highest BCUT2D eigenvalue weighted by Gasteiger charge is 2.55. The summed E-state index contributed by atoms with van der Waals surface area (Å²) in [4.78, 5) is 51.2. The predicted molar refractivity (Wildman–Crippen MR) is 149 cm³/mol. The molecular weight excluding hydrogens is 512 g/mol. The molecule has 5 rings (SSSR count). The maximum absolute atomic E-state index is 13.8. The van der Waals surface area contributed by atoms with Gasteiger partial charge in [0.05, 0.1) is 37.9 Å². The highest BCUT2D eigenvalue weighted by Crippen LogP contribution is 2.58. The highest BCUT2D eigenvalue weighted by atomic mass is 16.5. The lowest BCUT2D eigenvalue weighted by atomic mass is 9.54. The first-order valence-corrected chi connectivity index (χ1v) is 13.4. The normalized spacial score (nSPS) is 21.1. The lowest BCUT2D eigenvalue weighted by Gasteiger charge is -2.48. The molecule has 3 aliphatic rings. The van der Waals surface area contributed by atoms with E-state index in [1.165, 1.54) is 0 Å². The molecule has 0 spiro atoms. The molecule has 0 aromatic heterocycles. The molecule has 2 amide bonds. The number of fused-ring (bicyclic) bond motifs is 1. The Kier molecular flexibility index (Phi) is 9.08. The van der Waals surface area contributed by atoms with Gasteiger partial charge in [-0.1, -0.05) is 48.5 Å². The number of carbonyl (C=O) groups is 4. The number of amides is 2. The second kappa shape index (κ2) is 12.7. The van der Waals surface area contributed by atoms with E-state index in [4.69, 9.17) is 9.47 Å². The first-order valence-electron chi connectivity index (χ1n) is 13.4. The van der Waals surface area contributed by atoms with Gasteiger partial charge in [-0.2, -0.15) is 10.2 Å². The summed E-state index contributed by atoms with van der Waals surface area (Å²) in [7, 11) is 0. The van der Waals surface area contributed by atoms with Gasteiger partial charge in [0.25, 0.3) is 0 Å². The number of carbonyl (C=O) groups excluding carboxylic acids is 4. The number of nitrogens with one attached hydrogen (secondary N) is 2. The molecule has 3 aliphatic carbocycles. The number of esters is 2. The zero-order valence-corrected chi connectivity index (χ0v) is 23.1. The molecule has 0 saturated heterocycles. The van der Waals surface area contributed by atoms with Crippen LogP contribution in [0.15, 0.2) is 58.7 Å². The topological polar surface area (TPSA) is 136 Å². The van der Waals surface area contributed by atoms with Gasteiger partial charge < -0.3 is 9.47 Å². The van der Waals surface area contributed by atoms with E-state index < -0.39 is 47.4 Å². The summed E-state index contributed by atoms with van der Waals surface area (Å²) >= 11 is 0. The van der Waals surface area contributed by atoms with Crippen LogP contribution in [0.25, 0.3) is 0 Å². The molecule has 2 N–H and O–H groups in total. The summed E-state index contributed by atoms with van der Waals surface area (Å²) in [6.07, 6.45) is -0.121. The van der Waals surface area contributed by atoms with E-state index in [-0.39, 0.29) is 26.1 Å². The molecule has 10 nitrogen and oxygen atoms in total. The average molecular weight is 547 g/mol. The van der Waals surface area contributed by atoms with Crippen molar-refractivity contribution >= 4 is 35.2 Å². The van der Waals surface area contributed by atoms with Gasteiger partial charge in [-0.05, 0) is 49.9 Å².